The summed E-state index contributed by atoms with van der Waals surface area (Å²) < 4.78 is 5.95. The lowest BCUT2D eigenvalue weighted by Gasteiger charge is -2.39. The summed E-state index contributed by atoms with van der Waals surface area (Å²) in [5.74, 6) is 3.56. The second-order valence-corrected chi connectivity index (χ2v) is 9.67. The molecule has 31 heavy (non-hydrogen) atoms. The molecule has 3 aromatic heterocycles. The molecule has 1 unspecified atom stereocenters. The summed E-state index contributed by atoms with van der Waals surface area (Å²) in [6.45, 7) is 10.8. The molecule has 0 radical (unpaired) electrons. The number of oxazole rings is 1. The monoisotopic (exact) mass is 437 g/mol. The van der Waals surface area contributed by atoms with Crippen molar-refractivity contribution < 1.29 is 4.42 Å². The van der Waals surface area contributed by atoms with E-state index in [2.05, 4.69) is 43.3 Å². The van der Waals surface area contributed by atoms with Crippen LogP contribution in [0.25, 0.3) is 10.8 Å². The maximum absolute atomic E-state index is 5.95. The Hall–Kier alpha value is -2.22. The number of piperidine rings is 1. The number of rotatable bonds is 6. The Bertz CT molecular complexity index is 950. The lowest BCUT2D eigenvalue weighted by molar-refractivity contribution is 0.123. The molecule has 0 bridgehead atoms. The van der Waals surface area contributed by atoms with Crippen molar-refractivity contribution in [1.29, 1.82) is 0 Å². The second kappa shape index (κ2) is 9.51. The van der Waals surface area contributed by atoms with Gasteiger partial charge in [-0.15, -0.1) is 11.3 Å². The molecule has 0 amide bonds. The van der Waals surface area contributed by atoms with Gasteiger partial charge in [0.2, 0.25) is 5.89 Å². The SMILES string of the molecule is Cc1oc(-c2cccs2)nc1CN1CCCC(CN2CCN(c3ccccn3)CC2)C1. The first-order chi connectivity index (χ1) is 15.2. The van der Waals surface area contributed by atoms with Crippen LogP contribution in [0.4, 0.5) is 5.82 Å². The Morgan fingerprint density at radius 1 is 1.06 bits per heavy atom. The van der Waals surface area contributed by atoms with Crippen LogP contribution in [-0.4, -0.2) is 65.6 Å². The molecule has 0 N–H and O–H groups in total. The lowest BCUT2D eigenvalue weighted by Crippen LogP contribution is -2.49. The third kappa shape index (κ3) is 5.00. The zero-order valence-electron chi connectivity index (χ0n) is 18.2. The van der Waals surface area contributed by atoms with Crippen LogP contribution in [0.1, 0.15) is 24.3 Å². The summed E-state index contributed by atoms with van der Waals surface area (Å²) >= 11 is 1.68. The fourth-order valence-corrected chi connectivity index (χ4v) is 5.45. The molecular formula is C24H31N5OS. The largest absolute Gasteiger partial charge is 0.440 e. The smallest absolute Gasteiger partial charge is 0.236 e. The van der Waals surface area contributed by atoms with Gasteiger partial charge in [0.1, 0.15) is 11.6 Å². The Balaban J connectivity index is 1.13. The van der Waals surface area contributed by atoms with Crippen molar-refractivity contribution in [3.8, 4) is 10.8 Å². The molecule has 0 aliphatic carbocycles. The number of piperazine rings is 1. The van der Waals surface area contributed by atoms with Crippen molar-refractivity contribution in [3.63, 3.8) is 0 Å². The molecule has 6 nitrogen and oxygen atoms in total. The highest BCUT2D eigenvalue weighted by Crippen LogP contribution is 2.27. The number of likely N-dealkylation sites (tertiary alicyclic amines) is 1. The standard InChI is InChI=1S/C24H31N5OS/c1-19-21(26-24(30-19)22-7-5-15-31-22)18-28-10-4-6-20(17-28)16-27-11-13-29(14-12-27)23-8-2-3-9-25-23/h2-3,5,7-9,15,20H,4,6,10-14,16-18H2,1H3. The van der Waals surface area contributed by atoms with Crippen LogP contribution >= 0.6 is 11.3 Å². The van der Waals surface area contributed by atoms with Gasteiger partial charge < -0.3 is 9.32 Å². The summed E-state index contributed by atoms with van der Waals surface area (Å²) in [4.78, 5) is 18.0. The van der Waals surface area contributed by atoms with Gasteiger partial charge in [0.05, 0.1) is 10.6 Å². The van der Waals surface area contributed by atoms with Crippen LogP contribution in [0.5, 0.6) is 0 Å². The van der Waals surface area contributed by atoms with Crippen LogP contribution in [0.2, 0.25) is 0 Å². The minimum atomic E-state index is 0.735. The molecule has 2 aliphatic heterocycles. The average Bonchev–Trinajstić information content (AvgIpc) is 3.46. The van der Waals surface area contributed by atoms with Crippen LogP contribution in [0, 0.1) is 12.8 Å². The first-order valence-electron chi connectivity index (χ1n) is 11.4. The molecule has 0 aromatic carbocycles. The number of pyridine rings is 1. The van der Waals surface area contributed by atoms with Gasteiger partial charge >= 0.3 is 0 Å². The molecule has 5 rings (SSSR count). The third-order valence-electron chi connectivity index (χ3n) is 6.46. The second-order valence-electron chi connectivity index (χ2n) is 8.72. The van der Waals surface area contributed by atoms with Gasteiger partial charge in [0, 0.05) is 52.0 Å². The number of hydrogen-bond acceptors (Lipinski definition) is 7. The molecular weight excluding hydrogens is 406 g/mol. The predicted octanol–water partition coefficient (Wildman–Crippen LogP) is 4.14. The fraction of sp³-hybridized carbons (Fsp3) is 0.500. The minimum Gasteiger partial charge on any atom is -0.440 e. The first kappa shape index (κ1) is 20.7. The molecule has 7 heteroatoms. The van der Waals surface area contributed by atoms with E-state index in [0.29, 0.717) is 0 Å². The molecule has 2 aliphatic rings. The van der Waals surface area contributed by atoms with E-state index in [1.807, 2.05) is 25.3 Å². The molecule has 2 saturated heterocycles. The van der Waals surface area contributed by atoms with Gasteiger partial charge in [0.25, 0.3) is 0 Å². The Morgan fingerprint density at radius 2 is 1.97 bits per heavy atom. The Labute approximate surface area is 188 Å². The maximum atomic E-state index is 5.95. The number of hydrogen-bond donors (Lipinski definition) is 0. The van der Waals surface area contributed by atoms with Gasteiger partial charge in [0.15, 0.2) is 0 Å². The highest BCUT2D eigenvalue weighted by atomic mass is 32.1. The van der Waals surface area contributed by atoms with Crippen molar-refractivity contribution in [2.24, 2.45) is 5.92 Å². The van der Waals surface area contributed by atoms with Gasteiger partial charge in [-0.05, 0) is 55.8 Å². The van der Waals surface area contributed by atoms with E-state index in [-0.39, 0.29) is 0 Å². The highest BCUT2D eigenvalue weighted by molar-refractivity contribution is 7.13. The summed E-state index contributed by atoms with van der Waals surface area (Å²) in [7, 11) is 0. The summed E-state index contributed by atoms with van der Waals surface area (Å²) in [6, 6.07) is 10.3. The van der Waals surface area contributed by atoms with Gasteiger partial charge in [-0.1, -0.05) is 12.1 Å². The zero-order chi connectivity index (χ0) is 21.0. The molecule has 0 saturated carbocycles. The van der Waals surface area contributed by atoms with E-state index in [0.717, 1.165) is 79.8 Å². The maximum Gasteiger partial charge on any atom is 0.236 e. The Kier molecular flexibility index (Phi) is 6.34. The Morgan fingerprint density at radius 3 is 2.74 bits per heavy atom. The normalized spacial score (nSPS) is 20.9. The van der Waals surface area contributed by atoms with Crippen molar-refractivity contribution in [3.05, 3.63) is 53.4 Å². The van der Waals surface area contributed by atoms with Crippen LogP contribution in [0.3, 0.4) is 0 Å². The number of aromatic nitrogens is 2. The summed E-state index contributed by atoms with van der Waals surface area (Å²) in [6.07, 6.45) is 4.49. The first-order valence-corrected chi connectivity index (χ1v) is 12.2. The third-order valence-corrected chi connectivity index (χ3v) is 7.32. The van der Waals surface area contributed by atoms with Gasteiger partial charge in [-0.2, -0.15) is 0 Å². The number of anilines is 1. The van der Waals surface area contributed by atoms with Crippen molar-refractivity contribution in [2.45, 2.75) is 26.3 Å². The fourth-order valence-electron chi connectivity index (χ4n) is 4.80. The summed E-state index contributed by atoms with van der Waals surface area (Å²) in [5.41, 5.74) is 1.09. The minimum absolute atomic E-state index is 0.735. The average molecular weight is 438 g/mol. The van der Waals surface area contributed by atoms with Gasteiger partial charge in [-0.25, -0.2) is 9.97 Å². The molecule has 5 heterocycles. The van der Waals surface area contributed by atoms with Crippen LogP contribution in [-0.2, 0) is 6.54 Å². The van der Waals surface area contributed by atoms with E-state index in [4.69, 9.17) is 9.40 Å². The van der Waals surface area contributed by atoms with Crippen LogP contribution < -0.4 is 4.90 Å². The van der Waals surface area contributed by atoms with Crippen molar-refractivity contribution >= 4 is 17.2 Å². The van der Waals surface area contributed by atoms with Crippen molar-refractivity contribution in [2.75, 3.05) is 50.7 Å². The van der Waals surface area contributed by atoms with E-state index in [1.165, 1.54) is 19.4 Å². The van der Waals surface area contributed by atoms with E-state index >= 15 is 0 Å². The highest BCUT2D eigenvalue weighted by Gasteiger charge is 2.26. The van der Waals surface area contributed by atoms with Crippen molar-refractivity contribution in [1.82, 2.24) is 19.8 Å². The molecule has 3 aromatic rings. The molecule has 1 atom stereocenters. The van der Waals surface area contributed by atoms with Crippen LogP contribution in [0.15, 0.2) is 46.3 Å². The predicted molar refractivity (Wildman–Crippen MR) is 125 cm³/mol. The zero-order valence-corrected chi connectivity index (χ0v) is 19.1. The lowest BCUT2D eigenvalue weighted by atomic mass is 9.97. The van der Waals surface area contributed by atoms with E-state index in [1.54, 1.807) is 11.3 Å². The molecule has 0 spiro atoms. The molecule has 164 valence electrons. The topological polar surface area (TPSA) is 48.6 Å². The molecule has 2 fully saturated rings. The summed E-state index contributed by atoms with van der Waals surface area (Å²) in [5, 5.41) is 2.07. The van der Waals surface area contributed by atoms with E-state index < -0.39 is 0 Å². The number of thiophene rings is 1. The van der Waals surface area contributed by atoms with Gasteiger partial charge in [-0.3, -0.25) is 9.80 Å². The number of aryl methyl sites for hydroxylation is 1. The quantitative estimate of drug-likeness (QED) is 0.578. The van der Waals surface area contributed by atoms with E-state index in [9.17, 15) is 0 Å². The number of nitrogens with zero attached hydrogens (tertiary/aromatic N) is 5.